The molecule has 0 saturated heterocycles. The summed E-state index contributed by atoms with van der Waals surface area (Å²) in [6.45, 7) is 0.418. The summed E-state index contributed by atoms with van der Waals surface area (Å²) < 4.78 is 43.1. The van der Waals surface area contributed by atoms with Crippen molar-refractivity contribution < 1.29 is 32.5 Å². The number of nitriles is 1. The summed E-state index contributed by atoms with van der Waals surface area (Å²) in [5.41, 5.74) is -0.376. The molecule has 28 heavy (non-hydrogen) atoms. The number of carboxylic acids is 1. The number of sulfonamides is 1. The molecule has 0 aliphatic rings. The van der Waals surface area contributed by atoms with Gasteiger partial charge in [0.1, 0.15) is 6.61 Å². The number of hydrogen-bond donors (Lipinski definition) is 2. The fraction of sp³-hybridized carbons (Fsp3) is 0.222. The first-order valence-corrected chi connectivity index (χ1v) is 9.40. The summed E-state index contributed by atoms with van der Waals surface area (Å²) in [4.78, 5) is 11.4. The van der Waals surface area contributed by atoms with Crippen molar-refractivity contribution in [3.05, 3.63) is 47.5 Å². The number of nitrogens with one attached hydrogen (secondary N) is 1. The molecular formula is C18H18N2O7S. The molecule has 0 fully saturated rings. The third kappa shape index (κ3) is 4.91. The van der Waals surface area contributed by atoms with Crippen LogP contribution in [0.25, 0.3) is 0 Å². The van der Waals surface area contributed by atoms with Crippen molar-refractivity contribution in [1.29, 1.82) is 5.26 Å². The van der Waals surface area contributed by atoms with Crippen LogP contribution in [0.15, 0.2) is 41.3 Å². The molecule has 0 spiro atoms. The van der Waals surface area contributed by atoms with E-state index in [1.807, 2.05) is 6.07 Å². The number of hydrogen-bond acceptors (Lipinski definition) is 7. The minimum Gasteiger partial charge on any atom is -0.493 e. The number of ether oxygens (including phenoxy) is 3. The largest absolute Gasteiger partial charge is 0.493 e. The number of carboxylic acid groups (broad SMARTS) is 1. The minimum atomic E-state index is -4.15. The Kier molecular flexibility index (Phi) is 6.81. The molecule has 2 rings (SSSR count). The second kappa shape index (κ2) is 9.07. The van der Waals surface area contributed by atoms with E-state index in [4.69, 9.17) is 19.5 Å². The fourth-order valence-corrected chi connectivity index (χ4v) is 3.38. The molecule has 0 atom stereocenters. The first-order chi connectivity index (χ1) is 13.3. The van der Waals surface area contributed by atoms with Crippen LogP contribution < -0.4 is 14.2 Å². The SMILES string of the molecule is COCCOc1cc(NS(=O)(=O)c2cccc(C#N)c2)c(C(=O)O)cc1OC. The Balaban J connectivity index is 2.48. The molecular weight excluding hydrogens is 388 g/mol. The van der Waals surface area contributed by atoms with Crippen LogP contribution in [-0.4, -0.2) is 46.9 Å². The monoisotopic (exact) mass is 406 g/mol. The molecule has 0 radical (unpaired) electrons. The molecule has 0 aromatic heterocycles. The topological polar surface area (TPSA) is 135 Å². The lowest BCUT2D eigenvalue weighted by atomic mass is 10.1. The van der Waals surface area contributed by atoms with Gasteiger partial charge < -0.3 is 19.3 Å². The van der Waals surface area contributed by atoms with Crippen LogP contribution in [0, 0.1) is 11.3 Å². The van der Waals surface area contributed by atoms with E-state index in [0.717, 1.165) is 6.07 Å². The number of anilines is 1. The molecule has 2 aromatic carbocycles. The number of carbonyl (C=O) groups is 1. The summed E-state index contributed by atoms with van der Waals surface area (Å²) in [6.07, 6.45) is 0. The van der Waals surface area contributed by atoms with Crippen LogP contribution in [0.5, 0.6) is 11.5 Å². The van der Waals surface area contributed by atoms with Crippen molar-refractivity contribution in [2.45, 2.75) is 4.90 Å². The first-order valence-electron chi connectivity index (χ1n) is 7.92. The average molecular weight is 406 g/mol. The summed E-state index contributed by atoms with van der Waals surface area (Å²) in [7, 11) is -1.33. The molecule has 0 saturated carbocycles. The number of methoxy groups -OCH3 is 2. The van der Waals surface area contributed by atoms with Crippen LogP contribution in [0.1, 0.15) is 15.9 Å². The van der Waals surface area contributed by atoms with Gasteiger partial charge in [-0.3, -0.25) is 4.72 Å². The molecule has 9 nitrogen and oxygen atoms in total. The number of aromatic carboxylic acids is 1. The van der Waals surface area contributed by atoms with Gasteiger partial charge in [0.2, 0.25) is 0 Å². The third-order valence-corrected chi connectivity index (χ3v) is 4.96. The average Bonchev–Trinajstić information content (AvgIpc) is 2.68. The van der Waals surface area contributed by atoms with E-state index < -0.39 is 16.0 Å². The lowest BCUT2D eigenvalue weighted by Crippen LogP contribution is -2.16. The number of rotatable bonds is 9. The minimum absolute atomic E-state index is 0.128. The van der Waals surface area contributed by atoms with E-state index in [9.17, 15) is 18.3 Å². The number of nitrogens with zero attached hydrogens (tertiary/aromatic N) is 1. The summed E-state index contributed by atoms with van der Waals surface area (Å²) in [5, 5.41) is 18.4. The van der Waals surface area contributed by atoms with Gasteiger partial charge in [-0.25, -0.2) is 13.2 Å². The van der Waals surface area contributed by atoms with Gasteiger partial charge in [-0.15, -0.1) is 0 Å². The Morgan fingerprint density at radius 1 is 1.18 bits per heavy atom. The van der Waals surface area contributed by atoms with Crippen LogP contribution >= 0.6 is 0 Å². The van der Waals surface area contributed by atoms with Crippen LogP contribution in [0.2, 0.25) is 0 Å². The molecule has 0 aliphatic heterocycles. The van der Waals surface area contributed by atoms with E-state index >= 15 is 0 Å². The van der Waals surface area contributed by atoms with E-state index in [1.165, 1.54) is 44.6 Å². The van der Waals surface area contributed by atoms with Gasteiger partial charge in [-0.2, -0.15) is 5.26 Å². The molecule has 148 valence electrons. The van der Waals surface area contributed by atoms with Crippen molar-refractivity contribution in [2.75, 3.05) is 32.2 Å². The first kappa shape index (κ1) is 21.0. The molecule has 0 unspecified atom stereocenters. The summed E-state index contributed by atoms with van der Waals surface area (Å²) in [5.74, 6) is -1.08. The van der Waals surface area contributed by atoms with Gasteiger partial charge in [0.15, 0.2) is 11.5 Å². The summed E-state index contributed by atoms with van der Waals surface area (Å²) in [6, 6.07) is 9.59. The zero-order chi connectivity index (χ0) is 20.7. The van der Waals surface area contributed by atoms with Gasteiger partial charge in [-0.1, -0.05) is 6.07 Å². The van der Waals surface area contributed by atoms with Gasteiger partial charge in [-0.05, 0) is 18.2 Å². The van der Waals surface area contributed by atoms with Gasteiger partial charge in [0.05, 0.1) is 41.5 Å². The highest BCUT2D eigenvalue weighted by molar-refractivity contribution is 7.92. The summed E-state index contributed by atoms with van der Waals surface area (Å²) >= 11 is 0. The van der Waals surface area contributed by atoms with Crippen molar-refractivity contribution in [3.8, 4) is 17.6 Å². The van der Waals surface area contributed by atoms with Gasteiger partial charge >= 0.3 is 5.97 Å². The van der Waals surface area contributed by atoms with Crippen molar-refractivity contribution in [1.82, 2.24) is 0 Å². The van der Waals surface area contributed by atoms with E-state index in [0.29, 0.717) is 0 Å². The van der Waals surface area contributed by atoms with Crippen LogP contribution in [0.4, 0.5) is 5.69 Å². The lowest BCUT2D eigenvalue weighted by Gasteiger charge is -2.16. The lowest BCUT2D eigenvalue weighted by molar-refractivity contribution is 0.0697. The molecule has 2 aromatic rings. The molecule has 2 N–H and O–H groups in total. The Bertz CT molecular complexity index is 1010. The zero-order valence-corrected chi connectivity index (χ0v) is 15.9. The van der Waals surface area contributed by atoms with E-state index in [2.05, 4.69) is 4.72 Å². The Morgan fingerprint density at radius 2 is 1.93 bits per heavy atom. The zero-order valence-electron chi connectivity index (χ0n) is 15.1. The Labute approximate surface area is 162 Å². The normalized spacial score (nSPS) is 10.8. The quantitative estimate of drug-likeness (QED) is 0.605. The fourth-order valence-electron chi connectivity index (χ4n) is 2.27. The maximum atomic E-state index is 12.7. The molecule has 0 heterocycles. The van der Waals surface area contributed by atoms with E-state index in [-0.39, 0.29) is 46.4 Å². The molecule has 0 aliphatic carbocycles. The van der Waals surface area contributed by atoms with Crippen LogP contribution in [0.3, 0.4) is 0 Å². The maximum absolute atomic E-state index is 12.7. The van der Waals surface area contributed by atoms with Crippen LogP contribution in [-0.2, 0) is 14.8 Å². The number of benzene rings is 2. The van der Waals surface area contributed by atoms with Gasteiger partial charge in [0.25, 0.3) is 10.0 Å². The van der Waals surface area contributed by atoms with Crippen molar-refractivity contribution in [2.24, 2.45) is 0 Å². The third-order valence-electron chi connectivity index (χ3n) is 3.60. The highest BCUT2D eigenvalue weighted by Gasteiger charge is 2.22. The predicted octanol–water partition coefficient (Wildman–Crippen LogP) is 2.09. The Morgan fingerprint density at radius 3 is 2.54 bits per heavy atom. The van der Waals surface area contributed by atoms with Crippen molar-refractivity contribution in [3.63, 3.8) is 0 Å². The van der Waals surface area contributed by atoms with Gasteiger partial charge in [0, 0.05) is 19.2 Å². The predicted molar refractivity (Wildman–Crippen MR) is 99.3 cm³/mol. The smallest absolute Gasteiger partial charge is 0.337 e. The standard InChI is InChI=1S/C18H18N2O7S/c1-25-6-7-27-17-10-15(14(18(21)22)9-16(17)26-2)20-28(23,24)13-5-3-4-12(8-13)11-19/h3-5,8-10,20H,6-7H2,1-2H3,(H,21,22). The Hall–Kier alpha value is -3.29. The highest BCUT2D eigenvalue weighted by Crippen LogP contribution is 2.34. The maximum Gasteiger partial charge on any atom is 0.337 e. The second-order valence-corrected chi connectivity index (χ2v) is 7.12. The highest BCUT2D eigenvalue weighted by atomic mass is 32.2. The van der Waals surface area contributed by atoms with Crippen molar-refractivity contribution >= 4 is 21.7 Å². The molecule has 0 amide bonds. The second-order valence-electron chi connectivity index (χ2n) is 5.44. The molecule has 10 heteroatoms. The molecule has 0 bridgehead atoms. The van der Waals surface area contributed by atoms with E-state index in [1.54, 1.807) is 0 Å².